The molecule has 0 unspecified atom stereocenters. The number of rotatable bonds is 4. The van der Waals surface area contributed by atoms with Crippen molar-refractivity contribution >= 4 is 28.2 Å². The molecule has 0 amide bonds. The number of nitrogens with one attached hydrogen (secondary N) is 1. The van der Waals surface area contributed by atoms with Gasteiger partial charge in [0.1, 0.15) is 17.2 Å². The fourth-order valence-electron chi connectivity index (χ4n) is 3.75. The minimum atomic E-state index is -0.856. The van der Waals surface area contributed by atoms with Crippen LogP contribution in [0, 0.1) is 11.6 Å². The van der Waals surface area contributed by atoms with Gasteiger partial charge in [-0.3, -0.25) is 4.79 Å². The first-order valence-electron chi connectivity index (χ1n) is 9.97. The molecular formula is C22H22F2N4O3. The van der Waals surface area contributed by atoms with Crippen molar-refractivity contribution in [1.29, 1.82) is 0 Å². The molecule has 162 valence electrons. The number of carbonyl (C=O) groups excluding carboxylic acids is 1. The maximum atomic E-state index is 15.0. The van der Waals surface area contributed by atoms with Crippen molar-refractivity contribution in [3.05, 3.63) is 63.9 Å². The highest BCUT2D eigenvalue weighted by molar-refractivity contribution is 5.95. The summed E-state index contributed by atoms with van der Waals surface area (Å²) in [6.07, 6.45) is 1.23. The number of nitrogens with zero attached hydrogens (tertiary/aromatic N) is 2. The zero-order chi connectivity index (χ0) is 22.1. The maximum absolute atomic E-state index is 15.0. The lowest BCUT2D eigenvalue weighted by Crippen LogP contribution is -2.43. The van der Waals surface area contributed by atoms with Gasteiger partial charge in [0.05, 0.1) is 23.5 Å². The third kappa shape index (κ3) is 3.84. The van der Waals surface area contributed by atoms with Crippen molar-refractivity contribution < 1.29 is 18.3 Å². The van der Waals surface area contributed by atoms with E-state index in [2.05, 4.69) is 5.32 Å². The van der Waals surface area contributed by atoms with Crippen LogP contribution in [-0.2, 0) is 4.74 Å². The van der Waals surface area contributed by atoms with Crippen LogP contribution < -0.4 is 21.4 Å². The van der Waals surface area contributed by atoms with Crippen molar-refractivity contribution in [2.45, 2.75) is 6.92 Å². The number of nitrogen functional groups attached to an aromatic ring is 1. The van der Waals surface area contributed by atoms with Gasteiger partial charge in [-0.1, -0.05) is 0 Å². The van der Waals surface area contributed by atoms with Gasteiger partial charge in [-0.15, -0.1) is 0 Å². The number of halogens is 2. The fourth-order valence-corrected chi connectivity index (χ4v) is 3.75. The molecule has 7 nitrogen and oxygen atoms in total. The molecule has 2 aromatic carbocycles. The van der Waals surface area contributed by atoms with Crippen molar-refractivity contribution in [3.63, 3.8) is 0 Å². The van der Waals surface area contributed by atoms with Gasteiger partial charge in [0.2, 0.25) is 5.43 Å². The molecule has 1 fully saturated rings. The second-order valence-electron chi connectivity index (χ2n) is 7.23. The first-order chi connectivity index (χ1) is 14.9. The van der Waals surface area contributed by atoms with E-state index in [0.717, 1.165) is 12.1 Å². The van der Waals surface area contributed by atoms with Gasteiger partial charge in [0, 0.05) is 43.4 Å². The molecule has 0 radical (unpaired) electrons. The highest BCUT2D eigenvalue weighted by Gasteiger charge is 2.22. The molecule has 1 aliphatic rings. The highest BCUT2D eigenvalue weighted by atomic mass is 19.1. The molecule has 9 heteroatoms. The average Bonchev–Trinajstić information content (AvgIpc) is 2.75. The van der Waals surface area contributed by atoms with Gasteiger partial charge in [-0.05, 0) is 37.3 Å². The van der Waals surface area contributed by atoms with E-state index in [1.54, 1.807) is 6.92 Å². The van der Waals surface area contributed by atoms with Crippen molar-refractivity contribution in [1.82, 2.24) is 9.88 Å². The molecule has 0 spiro atoms. The molecule has 1 aromatic heterocycles. The standard InChI is InChI=1S/C22H22F2N4O3/c1-2-31-22(30)15-12-28(18-4-3-13(25)9-16(18)23)19-11-20(27-7-5-26-6-8-27)17(24)10-14(19)21(15)29/h3-4,9-12,26H,2,5-8,25H2,1H3. The minimum Gasteiger partial charge on any atom is -0.462 e. The highest BCUT2D eigenvalue weighted by Crippen LogP contribution is 2.28. The zero-order valence-electron chi connectivity index (χ0n) is 17.0. The molecule has 2 heterocycles. The summed E-state index contributed by atoms with van der Waals surface area (Å²) in [6.45, 7) is 4.23. The van der Waals surface area contributed by atoms with E-state index in [1.165, 1.54) is 29.0 Å². The Bertz CT molecular complexity index is 1220. The van der Waals surface area contributed by atoms with E-state index in [1.807, 2.05) is 4.90 Å². The summed E-state index contributed by atoms with van der Waals surface area (Å²) in [5.74, 6) is -2.09. The first kappa shape index (κ1) is 20.8. The second-order valence-corrected chi connectivity index (χ2v) is 7.23. The number of hydrogen-bond acceptors (Lipinski definition) is 6. The Balaban J connectivity index is 2.02. The lowest BCUT2D eigenvalue weighted by atomic mass is 10.1. The fraction of sp³-hybridized carbons (Fsp3) is 0.273. The molecule has 1 aliphatic heterocycles. The average molecular weight is 428 g/mol. The minimum absolute atomic E-state index is 0.0434. The van der Waals surface area contributed by atoms with Crippen molar-refractivity contribution in [2.24, 2.45) is 0 Å². The van der Waals surface area contributed by atoms with Gasteiger partial charge in [0.25, 0.3) is 0 Å². The molecule has 0 saturated carbocycles. The maximum Gasteiger partial charge on any atom is 0.343 e. The third-order valence-electron chi connectivity index (χ3n) is 5.26. The molecule has 31 heavy (non-hydrogen) atoms. The van der Waals surface area contributed by atoms with Crippen LogP contribution >= 0.6 is 0 Å². The summed E-state index contributed by atoms with van der Waals surface area (Å²) in [6, 6.07) is 6.71. The normalized spacial score (nSPS) is 14.1. The Hall–Kier alpha value is -3.46. The summed E-state index contributed by atoms with van der Waals surface area (Å²) < 4.78 is 36.1. The second kappa shape index (κ2) is 8.35. The SMILES string of the molecule is CCOC(=O)c1cn(-c2ccc(N)cc2F)c2cc(N3CCNCC3)c(F)cc2c1=O. The number of hydrogen-bond donors (Lipinski definition) is 2. The monoisotopic (exact) mass is 428 g/mol. The predicted molar refractivity (Wildman–Crippen MR) is 115 cm³/mol. The van der Waals surface area contributed by atoms with Crippen LogP contribution in [0.3, 0.4) is 0 Å². The van der Waals surface area contributed by atoms with Gasteiger partial charge >= 0.3 is 5.97 Å². The van der Waals surface area contributed by atoms with Crippen LogP contribution in [0.15, 0.2) is 41.3 Å². The zero-order valence-corrected chi connectivity index (χ0v) is 17.0. The number of fused-ring (bicyclic) bond motifs is 1. The molecular weight excluding hydrogens is 406 g/mol. The van der Waals surface area contributed by atoms with E-state index < -0.39 is 23.0 Å². The third-order valence-corrected chi connectivity index (χ3v) is 5.26. The van der Waals surface area contributed by atoms with E-state index in [0.29, 0.717) is 31.9 Å². The molecule has 3 N–H and O–H groups in total. The van der Waals surface area contributed by atoms with Crippen LogP contribution in [0.2, 0.25) is 0 Å². The molecule has 3 aromatic rings. The summed E-state index contributed by atoms with van der Waals surface area (Å²) in [5, 5.41) is 3.16. The Labute approximate surface area is 177 Å². The van der Waals surface area contributed by atoms with Gasteiger partial charge in [-0.2, -0.15) is 0 Å². The predicted octanol–water partition coefficient (Wildman–Crippen LogP) is 2.44. The van der Waals surface area contributed by atoms with Crippen LogP contribution in [0.5, 0.6) is 0 Å². The number of anilines is 2. The van der Waals surface area contributed by atoms with Gasteiger partial charge in [0.15, 0.2) is 0 Å². The van der Waals surface area contributed by atoms with Crippen LogP contribution in [0.4, 0.5) is 20.2 Å². The molecule has 0 aliphatic carbocycles. The van der Waals surface area contributed by atoms with Crippen LogP contribution in [0.1, 0.15) is 17.3 Å². The molecule has 4 rings (SSSR count). The number of nitrogens with two attached hydrogens (primary N) is 1. The van der Waals surface area contributed by atoms with Crippen molar-refractivity contribution in [3.8, 4) is 5.69 Å². The summed E-state index contributed by atoms with van der Waals surface area (Å²) in [4.78, 5) is 27.2. The van der Waals surface area contributed by atoms with E-state index >= 15 is 4.39 Å². The summed E-state index contributed by atoms with van der Waals surface area (Å²) in [7, 11) is 0. The van der Waals surface area contributed by atoms with Gasteiger partial charge < -0.3 is 25.3 Å². The van der Waals surface area contributed by atoms with Gasteiger partial charge in [-0.25, -0.2) is 13.6 Å². The number of benzene rings is 2. The Morgan fingerprint density at radius 3 is 2.52 bits per heavy atom. The number of carbonyl (C=O) groups is 1. The van der Waals surface area contributed by atoms with E-state index in [9.17, 15) is 14.0 Å². The van der Waals surface area contributed by atoms with E-state index in [4.69, 9.17) is 10.5 Å². The topological polar surface area (TPSA) is 89.6 Å². The smallest absolute Gasteiger partial charge is 0.343 e. The number of pyridine rings is 1. The quantitative estimate of drug-likeness (QED) is 0.490. The number of piperazine rings is 1. The summed E-state index contributed by atoms with van der Waals surface area (Å²) in [5.41, 5.74) is 5.57. The molecule has 0 bridgehead atoms. The Morgan fingerprint density at radius 2 is 1.84 bits per heavy atom. The Kier molecular flexibility index (Phi) is 5.60. The molecule has 0 atom stereocenters. The van der Waals surface area contributed by atoms with Crippen LogP contribution in [-0.4, -0.2) is 43.3 Å². The van der Waals surface area contributed by atoms with E-state index in [-0.39, 0.29) is 34.4 Å². The largest absolute Gasteiger partial charge is 0.462 e. The Morgan fingerprint density at radius 1 is 1.13 bits per heavy atom. The summed E-state index contributed by atoms with van der Waals surface area (Å²) >= 11 is 0. The number of esters is 1. The van der Waals surface area contributed by atoms with Crippen LogP contribution in [0.25, 0.3) is 16.6 Å². The first-order valence-corrected chi connectivity index (χ1v) is 9.97. The number of ether oxygens (including phenoxy) is 1. The lowest BCUT2D eigenvalue weighted by molar-refractivity contribution is 0.0524. The molecule has 1 saturated heterocycles. The lowest BCUT2D eigenvalue weighted by Gasteiger charge is -2.30. The van der Waals surface area contributed by atoms with Crippen molar-refractivity contribution in [2.75, 3.05) is 43.4 Å². The number of aromatic nitrogens is 1.